The number of benzene rings is 2. The SMILES string of the molecule is Cc1cccc(NC(=O)CSCC(=O)Nc2cccc(C(=O)NC3CC3)c2)c1. The molecule has 0 atom stereocenters. The number of hydrogen-bond acceptors (Lipinski definition) is 4. The molecular formula is C21H23N3O3S. The monoisotopic (exact) mass is 397 g/mol. The van der Waals surface area contributed by atoms with Crippen LogP contribution in [0, 0.1) is 6.92 Å². The maximum atomic E-state index is 12.1. The first kappa shape index (κ1) is 19.9. The molecule has 3 amide bonds. The molecule has 0 aliphatic heterocycles. The Hall–Kier alpha value is -2.80. The van der Waals surface area contributed by atoms with Gasteiger partial charge in [-0.05, 0) is 55.7 Å². The lowest BCUT2D eigenvalue weighted by atomic mass is 10.2. The van der Waals surface area contributed by atoms with Gasteiger partial charge in [-0.1, -0.05) is 18.2 Å². The molecule has 1 saturated carbocycles. The molecule has 1 fully saturated rings. The van der Waals surface area contributed by atoms with E-state index in [0.717, 1.165) is 24.1 Å². The van der Waals surface area contributed by atoms with E-state index in [-0.39, 0.29) is 35.3 Å². The quantitative estimate of drug-likeness (QED) is 0.638. The molecule has 146 valence electrons. The first-order chi connectivity index (χ1) is 13.5. The van der Waals surface area contributed by atoms with Crippen LogP contribution in [0.4, 0.5) is 11.4 Å². The lowest BCUT2D eigenvalue weighted by Crippen LogP contribution is -2.25. The molecule has 2 aromatic carbocycles. The molecule has 2 aromatic rings. The number of anilines is 2. The second-order valence-corrected chi connectivity index (χ2v) is 7.77. The van der Waals surface area contributed by atoms with Gasteiger partial charge in [0.05, 0.1) is 11.5 Å². The van der Waals surface area contributed by atoms with Gasteiger partial charge in [0.25, 0.3) is 5.91 Å². The van der Waals surface area contributed by atoms with Gasteiger partial charge in [-0.15, -0.1) is 11.8 Å². The first-order valence-corrected chi connectivity index (χ1v) is 10.3. The van der Waals surface area contributed by atoms with E-state index in [1.807, 2.05) is 31.2 Å². The Labute approximate surface area is 168 Å². The van der Waals surface area contributed by atoms with Crippen LogP contribution in [0.2, 0.25) is 0 Å². The molecule has 28 heavy (non-hydrogen) atoms. The number of amides is 3. The summed E-state index contributed by atoms with van der Waals surface area (Å²) in [6.07, 6.45) is 2.05. The summed E-state index contributed by atoms with van der Waals surface area (Å²) in [5.41, 5.74) is 2.90. The van der Waals surface area contributed by atoms with E-state index in [9.17, 15) is 14.4 Å². The molecule has 0 heterocycles. The molecule has 0 bridgehead atoms. The van der Waals surface area contributed by atoms with Crippen molar-refractivity contribution in [3.05, 3.63) is 59.7 Å². The fourth-order valence-corrected chi connectivity index (χ4v) is 3.21. The number of hydrogen-bond donors (Lipinski definition) is 3. The third-order valence-electron chi connectivity index (χ3n) is 4.09. The molecule has 7 heteroatoms. The molecule has 0 spiro atoms. The molecule has 1 aliphatic rings. The number of thioether (sulfide) groups is 1. The second-order valence-electron chi connectivity index (χ2n) is 6.79. The van der Waals surface area contributed by atoms with Crippen molar-refractivity contribution >= 4 is 40.9 Å². The Bertz CT molecular complexity index is 881. The maximum absolute atomic E-state index is 12.1. The zero-order valence-electron chi connectivity index (χ0n) is 15.7. The van der Waals surface area contributed by atoms with Gasteiger partial charge in [0.1, 0.15) is 0 Å². The Balaban J connectivity index is 1.41. The maximum Gasteiger partial charge on any atom is 0.251 e. The summed E-state index contributed by atoms with van der Waals surface area (Å²) in [4.78, 5) is 36.1. The van der Waals surface area contributed by atoms with Crippen LogP contribution in [-0.4, -0.2) is 35.3 Å². The average Bonchev–Trinajstić information content (AvgIpc) is 3.46. The summed E-state index contributed by atoms with van der Waals surface area (Å²) in [5, 5.41) is 8.50. The van der Waals surface area contributed by atoms with Gasteiger partial charge in [-0.2, -0.15) is 0 Å². The predicted molar refractivity (Wildman–Crippen MR) is 113 cm³/mol. The predicted octanol–water partition coefficient (Wildman–Crippen LogP) is 3.20. The van der Waals surface area contributed by atoms with Crippen molar-refractivity contribution in [1.29, 1.82) is 0 Å². The van der Waals surface area contributed by atoms with E-state index in [4.69, 9.17) is 0 Å². The third-order valence-corrected chi connectivity index (χ3v) is 5.02. The molecule has 0 saturated heterocycles. The smallest absolute Gasteiger partial charge is 0.251 e. The Kier molecular flexibility index (Phi) is 6.71. The van der Waals surface area contributed by atoms with Gasteiger partial charge < -0.3 is 16.0 Å². The van der Waals surface area contributed by atoms with Gasteiger partial charge in [0.15, 0.2) is 0 Å². The van der Waals surface area contributed by atoms with E-state index < -0.39 is 0 Å². The Morgan fingerprint density at radius 2 is 1.54 bits per heavy atom. The molecule has 0 radical (unpaired) electrons. The number of nitrogens with one attached hydrogen (secondary N) is 3. The van der Waals surface area contributed by atoms with Crippen molar-refractivity contribution in [2.24, 2.45) is 0 Å². The number of carbonyl (C=O) groups excluding carboxylic acids is 3. The summed E-state index contributed by atoms with van der Waals surface area (Å²) in [5.74, 6) is -0.152. The van der Waals surface area contributed by atoms with Crippen molar-refractivity contribution in [2.45, 2.75) is 25.8 Å². The Morgan fingerprint density at radius 3 is 2.14 bits per heavy atom. The standard InChI is InChI=1S/C21H23N3O3S/c1-14-4-2-6-17(10-14)22-19(25)12-28-13-20(26)23-18-7-3-5-15(11-18)21(27)24-16-8-9-16/h2-7,10-11,16H,8-9,12-13H2,1H3,(H,22,25)(H,23,26)(H,24,27). The van der Waals surface area contributed by atoms with Gasteiger partial charge in [0.2, 0.25) is 11.8 Å². The van der Waals surface area contributed by atoms with Crippen molar-refractivity contribution in [1.82, 2.24) is 5.32 Å². The largest absolute Gasteiger partial charge is 0.349 e. The highest BCUT2D eigenvalue weighted by Crippen LogP contribution is 2.20. The number of aryl methyl sites for hydroxylation is 1. The van der Waals surface area contributed by atoms with Crippen LogP contribution in [0.1, 0.15) is 28.8 Å². The minimum Gasteiger partial charge on any atom is -0.349 e. The summed E-state index contributed by atoms with van der Waals surface area (Å²) < 4.78 is 0. The van der Waals surface area contributed by atoms with Crippen molar-refractivity contribution in [2.75, 3.05) is 22.1 Å². The zero-order chi connectivity index (χ0) is 19.9. The molecule has 1 aliphatic carbocycles. The highest BCUT2D eigenvalue weighted by atomic mass is 32.2. The summed E-state index contributed by atoms with van der Waals surface area (Å²) in [6.45, 7) is 1.96. The average molecular weight is 398 g/mol. The number of rotatable bonds is 8. The van der Waals surface area contributed by atoms with Crippen LogP contribution in [0.15, 0.2) is 48.5 Å². The van der Waals surface area contributed by atoms with Gasteiger partial charge in [-0.3, -0.25) is 14.4 Å². The summed E-state index contributed by atoms with van der Waals surface area (Å²) in [7, 11) is 0. The second kappa shape index (κ2) is 9.41. The van der Waals surface area contributed by atoms with Crippen LogP contribution in [-0.2, 0) is 9.59 Å². The fourth-order valence-electron chi connectivity index (χ4n) is 2.59. The number of carbonyl (C=O) groups is 3. The van der Waals surface area contributed by atoms with E-state index in [0.29, 0.717) is 11.3 Å². The summed E-state index contributed by atoms with van der Waals surface area (Å²) >= 11 is 1.24. The topological polar surface area (TPSA) is 87.3 Å². The minimum atomic E-state index is -0.215. The van der Waals surface area contributed by atoms with Crippen LogP contribution in [0.5, 0.6) is 0 Å². The molecule has 3 rings (SSSR count). The van der Waals surface area contributed by atoms with Gasteiger partial charge in [0, 0.05) is 23.0 Å². The highest BCUT2D eigenvalue weighted by Gasteiger charge is 2.23. The highest BCUT2D eigenvalue weighted by molar-refractivity contribution is 8.00. The fraction of sp³-hybridized carbons (Fsp3) is 0.286. The van der Waals surface area contributed by atoms with Gasteiger partial charge >= 0.3 is 0 Å². The van der Waals surface area contributed by atoms with E-state index in [1.165, 1.54) is 11.8 Å². The molecule has 3 N–H and O–H groups in total. The lowest BCUT2D eigenvalue weighted by Gasteiger charge is -2.08. The normalized spacial score (nSPS) is 12.9. The molecule has 0 aromatic heterocycles. The molecule has 6 nitrogen and oxygen atoms in total. The van der Waals surface area contributed by atoms with E-state index in [1.54, 1.807) is 24.3 Å². The van der Waals surface area contributed by atoms with Gasteiger partial charge in [-0.25, -0.2) is 0 Å². The minimum absolute atomic E-state index is 0.124. The van der Waals surface area contributed by atoms with Crippen molar-refractivity contribution in [3.63, 3.8) is 0 Å². The zero-order valence-corrected chi connectivity index (χ0v) is 16.5. The molecule has 0 unspecified atom stereocenters. The lowest BCUT2D eigenvalue weighted by molar-refractivity contribution is -0.114. The summed E-state index contributed by atoms with van der Waals surface area (Å²) in [6, 6.07) is 14.7. The van der Waals surface area contributed by atoms with Crippen LogP contribution in [0.25, 0.3) is 0 Å². The van der Waals surface area contributed by atoms with Crippen molar-refractivity contribution < 1.29 is 14.4 Å². The van der Waals surface area contributed by atoms with E-state index in [2.05, 4.69) is 16.0 Å². The van der Waals surface area contributed by atoms with Crippen LogP contribution >= 0.6 is 11.8 Å². The first-order valence-electron chi connectivity index (χ1n) is 9.14. The van der Waals surface area contributed by atoms with Crippen LogP contribution < -0.4 is 16.0 Å². The third kappa shape index (κ3) is 6.42. The van der Waals surface area contributed by atoms with E-state index >= 15 is 0 Å². The van der Waals surface area contributed by atoms with Crippen LogP contribution in [0.3, 0.4) is 0 Å². The molecular weight excluding hydrogens is 374 g/mol. The van der Waals surface area contributed by atoms with Crippen molar-refractivity contribution in [3.8, 4) is 0 Å². The Morgan fingerprint density at radius 1 is 0.929 bits per heavy atom.